The minimum atomic E-state index is -0.305. The van der Waals surface area contributed by atoms with Gasteiger partial charge in [0, 0.05) is 32.1 Å². The Morgan fingerprint density at radius 1 is 1.16 bits per heavy atom. The van der Waals surface area contributed by atoms with E-state index < -0.39 is 0 Å². The van der Waals surface area contributed by atoms with Gasteiger partial charge in [-0.1, -0.05) is 13.8 Å². The summed E-state index contributed by atoms with van der Waals surface area (Å²) in [6.45, 7) is 6.76. The van der Waals surface area contributed by atoms with Crippen molar-refractivity contribution in [1.82, 2.24) is 9.88 Å². The van der Waals surface area contributed by atoms with Gasteiger partial charge in [-0.25, -0.2) is 4.98 Å². The lowest BCUT2D eigenvalue weighted by Crippen LogP contribution is -2.50. The minimum absolute atomic E-state index is 0.0294. The molecule has 7 heteroatoms. The van der Waals surface area contributed by atoms with E-state index >= 15 is 0 Å². The first-order valence-corrected chi connectivity index (χ1v) is 8.39. The Labute approximate surface area is 146 Å². The average molecular weight is 342 g/mol. The van der Waals surface area contributed by atoms with E-state index in [9.17, 15) is 9.59 Å². The number of nitrogens with one attached hydrogen (secondary N) is 1. The number of rotatable bonds is 4. The molecule has 0 saturated carbocycles. The van der Waals surface area contributed by atoms with Crippen LogP contribution in [0.2, 0.25) is 0 Å². The predicted molar refractivity (Wildman–Crippen MR) is 94.5 cm³/mol. The summed E-state index contributed by atoms with van der Waals surface area (Å²) in [5.41, 5.74) is 0.610. The summed E-state index contributed by atoms with van der Waals surface area (Å²) >= 11 is 0. The second kappa shape index (κ2) is 7.38. The molecule has 7 nitrogen and oxygen atoms in total. The summed E-state index contributed by atoms with van der Waals surface area (Å²) in [4.78, 5) is 32.4. The van der Waals surface area contributed by atoms with Gasteiger partial charge in [0.15, 0.2) is 5.76 Å². The molecule has 3 heterocycles. The molecule has 2 aromatic heterocycles. The largest absolute Gasteiger partial charge is 0.459 e. The third-order valence-electron chi connectivity index (χ3n) is 4.16. The van der Waals surface area contributed by atoms with E-state index in [1.54, 1.807) is 18.3 Å². The fourth-order valence-electron chi connectivity index (χ4n) is 2.77. The first-order chi connectivity index (χ1) is 12.0. The van der Waals surface area contributed by atoms with Crippen molar-refractivity contribution in [2.75, 3.05) is 36.4 Å². The molecule has 0 atom stereocenters. The third-order valence-corrected chi connectivity index (χ3v) is 4.16. The number of anilines is 2. The first kappa shape index (κ1) is 17.0. The van der Waals surface area contributed by atoms with Crippen LogP contribution in [0.25, 0.3) is 0 Å². The van der Waals surface area contributed by atoms with Crippen molar-refractivity contribution in [1.29, 1.82) is 0 Å². The number of hydrogen-bond donors (Lipinski definition) is 1. The molecular formula is C18H22N4O3. The smallest absolute Gasteiger partial charge is 0.291 e. The number of furan rings is 1. The van der Waals surface area contributed by atoms with Crippen molar-refractivity contribution in [3.63, 3.8) is 0 Å². The standard InChI is InChI=1S/C18H22N4O3/c1-13(2)18(24)22-9-7-21(8-10-22)16-6-5-14(12-19-16)20-17(23)15-4-3-11-25-15/h3-6,11-13H,7-10H2,1-2H3,(H,20,23). The fourth-order valence-corrected chi connectivity index (χ4v) is 2.77. The molecule has 1 saturated heterocycles. The number of hydrogen-bond acceptors (Lipinski definition) is 5. The minimum Gasteiger partial charge on any atom is -0.459 e. The monoisotopic (exact) mass is 342 g/mol. The molecule has 2 aromatic rings. The molecule has 25 heavy (non-hydrogen) atoms. The summed E-state index contributed by atoms with van der Waals surface area (Å²) in [6.07, 6.45) is 3.09. The van der Waals surface area contributed by atoms with Gasteiger partial charge in [-0.3, -0.25) is 9.59 Å². The average Bonchev–Trinajstić information content (AvgIpc) is 3.17. The summed E-state index contributed by atoms with van der Waals surface area (Å²) in [5, 5.41) is 2.74. The van der Waals surface area contributed by atoms with Gasteiger partial charge >= 0.3 is 0 Å². The molecule has 0 aliphatic carbocycles. The van der Waals surface area contributed by atoms with E-state index in [2.05, 4.69) is 15.2 Å². The van der Waals surface area contributed by atoms with E-state index in [1.807, 2.05) is 30.9 Å². The Bertz CT molecular complexity index is 717. The van der Waals surface area contributed by atoms with Crippen molar-refractivity contribution >= 4 is 23.3 Å². The summed E-state index contributed by atoms with van der Waals surface area (Å²) in [5.74, 6) is 1.02. The fraction of sp³-hybridized carbons (Fsp3) is 0.389. The number of nitrogens with zero attached hydrogens (tertiary/aromatic N) is 3. The molecule has 0 bridgehead atoms. The number of carbonyl (C=O) groups excluding carboxylic acids is 2. The molecule has 1 aliphatic rings. The van der Waals surface area contributed by atoms with Gasteiger partial charge in [-0.2, -0.15) is 0 Å². The van der Waals surface area contributed by atoms with Crippen LogP contribution in [0.5, 0.6) is 0 Å². The first-order valence-electron chi connectivity index (χ1n) is 8.39. The molecule has 132 valence electrons. The van der Waals surface area contributed by atoms with Gasteiger partial charge in [-0.05, 0) is 24.3 Å². The highest BCUT2D eigenvalue weighted by atomic mass is 16.3. The Morgan fingerprint density at radius 3 is 2.48 bits per heavy atom. The second-order valence-electron chi connectivity index (χ2n) is 6.30. The lowest BCUT2D eigenvalue weighted by atomic mass is 10.1. The van der Waals surface area contributed by atoms with Crippen LogP contribution < -0.4 is 10.2 Å². The van der Waals surface area contributed by atoms with Gasteiger partial charge in [0.1, 0.15) is 5.82 Å². The van der Waals surface area contributed by atoms with Crippen LogP contribution in [-0.2, 0) is 4.79 Å². The molecule has 0 unspecified atom stereocenters. The van der Waals surface area contributed by atoms with Crippen molar-refractivity contribution in [2.45, 2.75) is 13.8 Å². The van der Waals surface area contributed by atoms with Crippen LogP contribution in [0.4, 0.5) is 11.5 Å². The summed E-state index contributed by atoms with van der Waals surface area (Å²) in [6, 6.07) is 6.96. The highest BCUT2D eigenvalue weighted by Crippen LogP contribution is 2.17. The highest BCUT2D eigenvalue weighted by Gasteiger charge is 2.23. The van der Waals surface area contributed by atoms with Crippen molar-refractivity contribution < 1.29 is 14.0 Å². The predicted octanol–water partition coefficient (Wildman–Crippen LogP) is 2.23. The molecule has 1 aliphatic heterocycles. The number of amides is 2. The SMILES string of the molecule is CC(C)C(=O)N1CCN(c2ccc(NC(=O)c3ccco3)cn2)CC1. The van der Waals surface area contributed by atoms with E-state index in [0.29, 0.717) is 18.8 Å². The Morgan fingerprint density at radius 2 is 1.92 bits per heavy atom. The maximum atomic E-state index is 12.0. The number of carbonyl (C=O) groups is 2. The normalized spacial score (nSPS) is 14.7. The Balaban J connectivity index is 1.56. The quantitative estimate of drug-likeness (QED) is 0.922. The van der Waals surface area contributed by atoms with Crippen LogP contribution >= 0.6 is 0 Å². The molecule has 3 rings (SSSR count). The van der Waals surface area contributed by atoms with Gasteiger partial charge in [0.25, 0.3) is 5.91 Å². The molecular weight excluding hydrogens is 320 g/mol. The Hall–Kier alpha value is -2.83. The molecule has 1 N–H and O–H groups in total. The maximum Gasteiger partial charge on any atom is 0.291 e. The Kier molecular flexibility index (Phi) is 5.02. The zero-order valence-electron chi connectivity index (χ0n) is 14.4. The molecule has 2 amide bonds. The van der Waals surface area contributed by atoms with Crippen LogP contribution in [0.15, 0.2) is 41.1 Å². The highest BCUT2D eigenvalue weighted by molar-refractivity contribution is 6.02. The van der Waals surface area contributed by atoms with E-state index in [4.69, 9.17) is 4.42 Å². The topological polar surface area (TPSA) is 78.7 Å². The van der Waals surface area contributed by atoms with Gasteiger partial charge < -0.3 is 19.5 Å². The molecule has 0 aromatic carbocycles. The van der Waals surface area contributed by atoms with Crippen LogP contribution in [0.1, 0.15) is 24.4 Å². The molecule has 1 fully saturated rings. The third kappa shape index (κ3) is 3.99. The summed E-state index contributed by atoms with van der Waals surface area (Å²) < 4.78 is 5.06. The van der Waals surface area contributed by atoms with E-state index in [0.717, 1.165) is 18.9 Å². The maximum absolute atomic E-state index is 12.0. The molecule has 0 radical (unpaired) electrons. The van der Waals surface area contributed by atoms with Crippen LogP contribution in [0.3, 0.4) is 0 Å². The zero-order valence-corrected chi connectivity index (χ0v) is 14.4. The van der Waals surface area contributed by atoms with Gasteiger partial charge in [-0.15, -0.1) is 0 Å². The van der Waals surface area contributed by atoms with Crippen molar-refractivity contribution in [3.8, 4) is 0 Å². The lowest BCUT2D eigenvalue weighted by molar-refractivity contribution is -0.134. The van der Waals surface area contributed by atoms with Gasteiger partial charge in [0.2, 0.25) is 5.91 Å². The second-order valence-corrected chi connectivity index (χ2v) is 6.30. The van der Waals surface area contributed by atoms with E-state index in [-0.39, 0.29) is 23.5 Å². The number of pyridine rings is 1. The van der Waals surface area contributed by atoms with E-state index in [1.165, 1.54) is 6.26 Å². The van der Waals surface area contributed by atoms with Gasteiger partial charge in [0.05, 0.1) is 18.1 Å². The van der Waals surface area contributed by atoms with Crippen molar-refractivity contribution in [2.24, 2.45) is 5.92 Å². The van der Waals surface area contributed by atoms with Crippen LogP contribution in [-0.4, -0.2) is 47.9 Å². The number of piperazine rings is 1. The summed E-state index contributed by atoms with van der Waals surface area (Å²) in [7, 11) is 0. The zero-order chi connectivity index (χ0) is 17.8. The van der Waals surface area contributed by atoms with Crippen molar-refractivity contribution in [3.05, 3.63) is 42.5 Å². The number of aromatic nitrogens is 1. The molecule has 0 spiro atoms. The lowest BCUT2D eigenvalue weighted by Gasteiger charge is -2.36. The van der Waals surface area contributed by atoms with Crippen LogP contribution in [0, 0.1) is 5.92 Å².